The maximum absolute atomic E-state index is 12.5. The Labute approximate surface area is 113 Å². The molecular weight excluding hydrogens is 246 g/mol. The first-order valence-corrected chi connectivity index (χ1v) is 6.13. The normalized spacial score (nSPS) is 9.89. The molecule has 0 unspecified atom stereocenters. The SMILES string of the molecule is CCN(CC)C(=O)c1c(OC)ccc(OC)c1C=O. The van der Waals surface area contributed by atoms with Gasteiger partial charge in [0.05, 0.1) is 25.3 Å². The number of nitrogens with zero attached hydrogens (tertiary/aromatic N) is 1. The van der Waals surface area contributed by atoms with Crippen molar-refractivity contribution in [3.8, 4) is 11.5 Å². The van der Waals surface area contributed by atoms with Gasteiger partial charge < -0.3 is 14.4 Å². The molecule has 0 aliphatic carbocycles. The molecule has 0 radical (unpaired) electrons. The maximum atomic E-state index is 12.5. The highest BCUT2D eigenvalue weighted by atomic mass is 16.5. The highest BCUT2D eigenvalue weighted by Crippen LogP contribution is 2.30. The van der Waals surface area contributed by atoms with Crippen LogP contribution in [0.2, 0.25) is 0 Å². The molecule has 0 fully saturated rings. The Kier molecular flexibility index (Phi) is 5.36. The van der Waals surface area contributed by atoms with E-state index in [-0.39, 0.29) is 17.0 Å². The molecule has 0 bridgehead atoms. The summed E-state index contributed by atoms with van der Waals surface area (Å²) in [5, 5.41) is 0. The summed E-state index contributed by atoms with van der Waals surface area (Å²) in [7, 11) is 2.93. The zero-order valence-electron chi connectivity index (χ0n) is 11.7. The minimum absolute atomic E-state index is 0.221. The molecule has 104 valence electrons. The number of carbonyl (C=O) groups is 2. The van der Waals surface area contributed by atoms with E-state index < -0.39 is 0 Å². The lowest BCUT2D eigenvalue weighted by atomic mass is 10.0. The average Bonchev–Trinajstić information content (AvgIpc) is 2.46. The van der Waals surface area contributed by atoms with Gasteiger partial charge in [-0.3, -0.25) is 9.59 Å². The van der Waals surface area contributed by atoms with Crippen LogP contribution in [0.4, 0.5) is 0 Å². The van der Waals surface area contributed by atoms with Gasteiger partial charge in [-0.15, -0.1) is 0 Å². The van der Waals surface area contributed by atoms with Gasteiger partial charge in [-0.1, -0.05) is 0 Å². The smallest absolute Gasteiger partial charge is 0.258 e. The van der Waals surface area contributed by atoms with Gasteiger partial charge in [0.1, 0.15) is 11.5 Å². The number of benzene rings is 1. The van der Waals surface area contributed by atoms with Crippen LogP contribution in [0.3, 0.4) is 0 Å². The molecule has 0 aromatic heterocycles. The summed E-state index contributed by atoms with van der Waals surface area (Å²) in [6.07, 6.45) is 0.623. The van der Waals surface area contributed by atoms with Crippen LogP contribution < -0.4 is 9.47 Å². The molecule has 5 nitrogen and oxygen atoms in total. The van der Waals surface area contributed by atoms with E-state index in [0.717, 1.165) is 0 Å². The number of aldehydes is 1. The number of carbonyl (C=O) groups excluding carboxylic acids is 2. The van der Waals surface area contributed by atoms with E-state index in [4.69, 9.17) is 9.47 Å². The second-order valence-electron chi connectivity index (χ2n) is 3.85. The number of ether oxygens (including phenoxy) is 2. The minimum Gasteiger partial charge on any atom is -0.496 e. The Bertz CT molecular complexity index is 467. The standard InChI is InChI=1S/C14H19NO4/c1-5-15(6-2)14(17)13-10(9-16)11(18-3)7-8-12(13)19-4/h7-9H,5-6H2,1-4H3. The van der Waals surface area contributed by atoms with E-state index in [0.29, 0.717) is 30.9 Å². The van der Waals surface area contributed by atoms with Crippen LogP contribution in [0, 0.1) is 0 Å². The molecule has 0 heterocycles. The monoisotopic (exact) mass is 265 g/mol. The second kappa shape index (κ2) is 6.78. The lowest BCUT2D eigenvalue weighted by Gasteiger charge is -2.21. The summed E-state index contributed by atoms with van der Waals surface area (Å²) in [5.41, 5.74) is 0.472. The van der Waals surface area contributed by atoms with Crippen LogP contribution in [-0.2, 0) is 0 Å². The van der Waals surface area contributed by atoms with Gasteiger partial charge in [0.15, 0.2) is 6.29 Å². The molecule has 0 N–H and O–H groups in total. The van der Waals surface area contributed by atoms with Crippen molar-refractivity contribution in [2.75, 3.05) is 27.3 Å². The largest absolute Gasteiger partial charge is 0.496 e. The van der Waals surface area contributed by atoms with Crippen molar-refractivity contribution in [2.24, 2.45) is 0 Å². The molecule has 0 spiro atoms. The van der Waals surface area contributed by atoms with E-state index in [9.17, 15) is 9.59 Å². The molecule has 0 atom stereocenters. The molecule has 0 aliphatic rings. The van der Waals surface area contributed by atoms with Crippen LogP contribution >= 0.6 is 0 Å². The third-order valence-electron chi connectivity index (χ3n) is 2.99. The van der Waals surface area contributed by atoms with E-state index in [1.54, 1.807) is 17.0 Å². The first-order valence-electron chi connectivity index (χ1n) is 6.13. The summed E-state index contributed by atoms with van der Waals surface area (Å²) < 4.78 is 10.3. The summed E-state index contributed by atoms with van der Waals surface area (Å²) in [6, 6.07) is 3.24. The fraction of sp³-hybridized carbons (Fsp3) is 0.429. The highest BCUT2D eigenvalue weighted by molar-refractivity contribution is 6.05. The Morgan fingerprint density at radius 1 is 1.16 bits per heavy atom. The van der Waals surface area contributed by atoms with Gasteiger partial charge in [0.2, 0.25) is 0 Å². The van der Waals surface area contributed by atoms with E-state index in [2.05, 4.69) is 0 Å². The first-order chi connectivity index (χ1) is 9.14. The Morgan fingerprint density at radius 2 is 1.68 bits per heavy atom. The molecule has 0 saturated heterocycles. The van der Waals surface area contributed by atoms with Gasteiger partial charge in [0.25, 0.3) is 5.91 Å². The van der Waals surface area contributed by atoms with Crippen LogP contribution in [0.1, 0.15) is 34.6 Å². The molecular formula is C14H19NO4. The summed E-state index contributed by atoms with van der Waals surface area (Å²) in [6.45, 7) is 4.89. The predicted molar refractivity (Wildman–Crippen MR) is 72.2 cm³/mol. The molecule has 19 heavy (non-hydrogen) atoms. The third-order valence-corrected chi connectivity index (χ3v) is 2.99. The zero-order chi connectivity index (χ0) is 14.4. The molecule has 1 amide bonds. The summed E-state index contributed by atoms with van der Waals surface area (Å²) in [4.78, 5) is 25.4. The number of hydrogen-bond donors (Lipinski definition) is 0. The molecule has 1 aromatic rings. The van der Waals surface area contributed by atoms with Crippen molar-refractivity contribution in [1.82, 2.24) is 4.90 Å². The van der Waals surface area contributed by atoms with Crippen molar-refractivity contribution in [3.05, 3.63) is 23.3 Å². The molecule has 0 saturated carbocycles. The molecule has 1 aromatic carbocycles. The van der Waals surface area contributed by atoms with E-state index in [1.165, 1.54) is 14.2 Å². The van der Waals surface area contributed by atoms with Gasteiger partial charge in [0, 0.05) is 13.1 Å². The summed E-state index contributed by atoms with van der Waals surface area (Å²) >= 11 is 0. The quantitative estimate of drug-likeness (QED) is 0.738. The lowest BCUT2D eigenvalue weighted by molar-refractivity contribution is 0.0766. The van der Waals surface area contributed by atoms with Crippen LogP contribution in [0.5, 0.6) is 11.5 Å². The van der Waals surface area contributed by atoms with Crippen molar-refractivity contribution < 1.29 is 19.1 Å². The van der Waals surface area contributed by atoms with Crippen molar-refractivity contribution in [2.45, 2.75) is 13.8 Å². The Morgan fingerprint density at radius 3 is 2.11 bits per heavy atom. The highest BCUT2D eigenvalue weighted by Gasteiger charge is 2.24. The van der Waals surface area contributed by atoms with Crippen molar-refractivity contribution in [1.29, 1.82) is 0 Å². The van der Waals surface area contributed by atoms with Gasteiger partial charge in [-0.2, -0.15) is 0 Å². The Hall–Kier alpha value is -2.04. The number of methoxy groups -OCH3 is 2. The van der Waals surface area contributed by atoms with Gasteiger partial charge >= 0.3 is 0 Å². The minimum atomic E-state index is -0.233. The third kappa shape index (κ3) is 2.86. The molecule has 1 rings (SSSR count). The van der Waals surface area contributed by atoms with Crippen LogP contribution in [-0.4, -0.2) is 44.4 Å². The van der Waals surface area contributed by atoms with E-state index >= 15 is 0 Å². The van der Waals surface area contributed by atoms with Crippen molar-refractivity contribution >= 4 is 12.2 Å². The maximum Gasteiger partial charge on any atom is 0.258 e. The Balaban J connectivity index is 3.44. The lowest BCUT2D eigenvalue weighted by Crippen LogP contribution is -2.31. The van der Waals surface area contributed by atoms with Crippen molar-refractivity contribution in [3.63, 3.8) is 0 Å². The fourth-order valence-corrected chi connectivity index (χ4v) is 1.94. The second-order valence-corrected chi connectivity index (χ2v) is 3.85. The van der Waals surface area contributed by atoms with Crippen LogP contribution in [0.25, 0.3) is 0 Å². The van der Waals surface area contributed by atoms with Gasteiger partial charge in [-0.25, -0.2) is 0 Å². The topological polar surface area (TPSA) is 55.8 Å². The van der Waals surface area contributed by atoms with Crippen LogP contribution in [0.15, 0.2) is 12.1 Å². The zero-order valence-corrected chi connectivity index (χ0v) is 11.7. The molecule has 0 aliphatic heterocycles. The summed E-state index contributed by atoms with van der Waals surface area (Å²) in [5.74, 6) is 0.508. The van der Waals surface area contributed by atoms with Gasteiger partial charge in [-0.05, 0) is 26.0 Å². The fourth-order valence-electron chi connectivity index (χ4n) is 1.94. The number of hydrogen-bond acceptors (Lipinski definition) is 4. The van der Waals surface area contributed by atoms with E-state index in [1.807, 2.05) is 13.8 Å². The average molecular weight is 265 g/mol. The first kappa shape index (κ1) is 15.0. The number of rotatable bonds is 6. The predicted octanol–water partition coefficient (Wildman–Crippen LogP) is 2.00. The number of amides is 1. The molecule has 5 heteroatoms.